The van der Waals surface area contributed by atoms with Crippen molar-refractivity contribution >= 4 is 12.0 Å². The van der Waals surface area contributed by atoms with Gasteiger partial charge in [-0.3, -0.25) is 4.79 Å². The van der Waals surface area contributed by atoms with Crippen molar-refractivity contribution in [3.63, 3.8) is 0 Å². The first kappa shape index (κ1) is 13.8. The van der Waals surface area contributed by atoms with Gasteiger partial charge in [0.25, 0.3) is 0 Å². The molecule has 5 nitrogen and oxygen atoms in total. The van der Waals surface area contributed by atoms with Crippen molar-refractivity contribution in [1.29, 1.82) is 0 Å². The molecule has 0 bridgehead atoms. The maximum Gasteiger partial charge on any atom is 0.319 e. The molecule has 1 aliphatic heterocycles. The Morgan fingerprint density at radius 1 is 1.47 bits per heavy atom. The van der Waals surface area contributed by atoms with Crippen molar-refractivity contribution in [3.8, 4) is 0 Å². The first-order valence-electron chi connectivity index (χ1n) is 5.96. The number of urea groups is 1. The van der Waals surface area contributed by atoms with Crippen molar-refractivity contribution in [2.75, 3.05) is 26.7 Å². The highest BCUT2D eigenvalue weighted by Gasteiger charge is 2.33. The van der Waals surface area contributed by atoms with Gasteiger partial charge in [0.2, 0.25) is 0 Å². The highest BCUT2D eigenvalue weighted by Crippen LogP contribution is 2.29. The zero-order chi connectivity index (χ0) is 13.2. The smallest absolute Gasteiger partial charge is 0.319 e. The van der Waals surface area contributed by atoms with Gasteiger partial charge >= 0.3 is 12.0 Å². The van der Waals surface area contributed by atoms with Crippen molar-refractivity contribution < 1.29 is 14.7 Å². The number of nitrogens with zero attached hydrogens (tertiary/aromatic N) is 2. The molecular formula is C12H22N2O3. The molecule has 5 heteroatoms. The van der Waals surface area contributed by atoms with E-state index in [4.69, 9.17) is 5.11 Å². The predicted molar refractivity (Wildman–Crippen MR) is 64.8 cm³/mol. The number of hydrogen-bond donors (Lipinski definition) is 1. The van der Waals surface area contributed by atoms with E-state index in [-0.39, 0.29) is 18.0 Å². The van der Waals surface area contributed by atoms with Crippen LogP contribution in [0.15, 0.2) is 0 Å². The second kappa shape index (κ2) is 4.94. The van der Waals surface area contributed by atoms with Crippen molar-refractivity contribution in [1.82, 2.24) is 9.80 Å². The summed E-state index contributed by atoms with van der Waals surface area (Å²) in [6, 6.07) is -0.0660. The van der Waals surface area contributed by atoms with Crippen molar-refractivity contribution in [2.45, 2.75) is 27.2 Å². The lowest BCUT2D eigenvalue weighted by molar-refractivity contribution is -0.141. The standard InChI is InChI=1S/C12H22N2O3/c1-9(10(15)16)7-13(4)11(17)14-6-5-12(2,3)8-14/h9H,5-8H2,1-4H3,(H,15,16). The van der Waals surface area contributed by atoms with Crippen LogP contribution < -0.4 is 0 Å². The molecule has 17 heavy (non-hydrogen) atoms. The fourth-order valence-corrected chi connectivity index (χ4v) is 2.08. The zero-order valence-electron chi connectivity index (χ0n) is 11.1. The Hall–Kier alpha value is -1.26. The van der Waals surface area contributed by atoms with Gasteiger partial charge < -0.3 is 14.9 Å². The van der Waals surface area contributed by atoms with Gasteiger partial charge in [0.05, 0.1) is 5.92 Å². The van der Waals surface area contributed by atoms with E-state index in [0.717, 1.165) is 19.5 Å². The molecule has 1 N–H and O–H groups in total. The van der Waals surface area contributed by atoms with Crippen LogP contribution in [0.5, 0.6) is 0 Å². The Balaban J connectivity index is 2.50. The summed E-state index contributed by atoms with van der Waals surface area (Å²) in [5.41, 5.74) is 0.176. The number of carbonyl (C=O) groups excluding carboxylic acids is 1. The largest absolute Gasteiger partial charge is 0.481 e. The molecule has 1 saturated heterocycles. The SMILES string of the molecule is CC(CN(C)C(=O)N1CCC(C)(C)C1)C(=O)O. The second-order valence-corrected chi connectivity index (χ2v) is 5.74. The summed E-state index contributed by atoms with van der Waals surface area (Å²) in [5, 5.41) is 8.81. The van der Waals surface area contributed by atoms with E-state index in [2.05, 4.69) is 13.8 Å². The molecule has 1 heterocycles. The first-order chi connectivity index (χ1) is 7.73. The summed E-state index contributed by atoms with van der Waals surface area (Å²) in [6.45, 7) is 7.65. The molecule has 0 aromatic heterocycles. The number of carboxylic acid groups (broad SMARTS) is 1. The van der Waals surface area contributed by atoms with Crippen LogP contribution in [0.2, 0.25) is 0 Å². The summed E-state index contributed by atoms with van der Waals surface area (Å²) in [4.78, 5) is 26.1. The van der Waals surface area contributed by atoms with Crippen molar-refractivity contribution in [3.05, 3.63) is 0 Å². The van der Waals surface area contributed by atoms with E-state index >= 15 is 0 Å². The van der Waals surface area contributed by atoms with Gasteiger partial charge in [-0.2, -0.15) is 0 Å². The minimum atomic E-state index is -0.869. The number of carbonyl (C=O) groups is 2. The molecule has 1 fully saturated rings. The predicted octanol–water partition coefficient (Wildman–Crippen LogP) is 1.49. The number of hydrogen-bond acceptors (Lipinski definition) is 2. The number of aliphatic carboxylic acids is 1. The molecule has 0 aromatic rings. The summed E-state index contributed by atoms with van der Waals surface area (Å²) in [6.07, 6.45) is 1.00. The molecular weight excluding hydrogens is 220 g/mol. The van der Waals surface area contributed by atoms with E-state index in [1.54, 1.807) is 18.9 Å². The summed E-state index contributed by atoms with van der Waals surface area (Å²) in [5.74, 6) is -1.40. The summed E-state index contributed by atoms with van der Waals surface area (Å²) in [7, 11) is 1.66. The van der Waals surface area contributed by atoms with Gasteiger partial charge in [0.15, 0.2) is 0 Å². The minimum Gasteiger partial charge on any atom is -0.481 e. The van der Waals surface area contributed by atoms with E-state index < -0.39 is 11.9 Å². The van der Waals surface area contributed by atoms with Gasteiger partial charge in [-0.1, -0.05) is 20.8 Å². The third-order valence-corrected chi connectivity index (χ3v) is 3.24. The maximum atomic E-state index is 12.1. The average molecular weight is 242 g/mol. The van der Waals surface area contributed by atoms with Crippen molar-refractivity contribution in [2.24, 2.45) is 11.3 Å². The first-order valence-corrected chi connectivity index (χ1v) is 5.96. The quantitative estimate of drug-likeness (QED) is 0.815. The van der Waals surface area contributed by atoms with Gasteiger partial charge in [-0.05, 0) is 11.8 Å². The molecule has 1 rings (SSSR count). The zero-order valence-corrected chi connectivity index (χ0v) is 11.1. The minimum absolute atomic E-state index is 0.0660. The van der Waals surface area contributed by atoms with Crippen LogP contribution in [0.25, 0.3) is 0 Å². The third kappa shape index (κ3) is 3.61. The van der Waals surface area contributed by atoms with E-state index in [1.165, 1.54) is 4.90 Å². The Kier molecular flexibility index (Phi) is 4.01. The van der Waals surface area contributed by atoms with E-state index in [9.17, 15) is 9.59 Å². The maximum absolute atomic E-state index is 12.1. The molecule has 0 aliphatic carbocycles. The second-order valence-electron chi connectivity index (χ2n) is 5.74. The molecule has 1 aliphatic rings. The molecule has 98 valence electrons. The van der Waals surface area contributed by atoms with Gasteiger partial charge in [0, 0.05) is 26.7 Å². The normalized spacial score (nSPS) is 20.1. The van der Waals surface area contributed by atoms with E-state index in [1.807, 2.05) is 0 Å². The van der Waals surface area contributed by atoms with Crippen LogP contribution in [-0.4, -0.2) is 53.6 Å². The average Bonchev–Trinajstić information content (AvgIpc) is 2.57. The number of likely N-dealkylation sites (tertiary alicyclic amines) is 1. The molecule has 0 saturated carbocycles. The highest BCUT2D eigenvalue weighted by atomic mass is 16.4. The summed E-state index contributed by atoms with van der Waals surface area (Å²) >= 11 is 0. The van der Waals surface area contributed by atoms with Crippen LogP contribution in [0, 0.1) is 11.3 Å². The number of carboxylic acids is 1. The lowest BCUT2D eigenvalue weighted by Gasteiger charge is -2.27. The van der Waals surface area contributed by atoms with Crippen LogP contribution in [0.4, 0.5) is 4.79 Å². The number of rotatable bonds is 3. The lowest BCUT2D eigenvalue weighted by atomic mass is 9.93. The molecule has 1 unspecified atom stereocenters. The molecule has 0 spiro atoms. The molecule has 0 radical (unpaired) electrons. The Labute approximate surface area is 102 Å². The van der Waals surface area contributed by atoms with Gasteiger partial charge in [-0.25, -0.2) is 4.79 Å². The van der Waals surface area contributed by atoms with Crippen LogP contribution >= 0.6 is 0 Å². The molecule has 1 atom stereocenters. The number of amides is 2. The topological polar surface area (TPSA) is 60.9 Å². The van der Waals surface area contributed by atoms with E-state index in [0.29, 0.717) is 0 Å². The third-order valence-electron chi connectivity index (χ3n) is 3.24. The Morgan fingerprint density at radius 2 is 2.06 bits per heavy atom. The fraction of sp³-hybridized carbons (Fsp3) is 0.833. The van der Waals surface area contributed by atoms with Crippen LogP contribution in [0.1, 0.15) is 27.2 Å². The van der Waals surface area contributed by atoms with Gasteiger partial charge in [-0.15, -0.1) is 0 Å². The Morgan fingerprint density at radius 3 is 2.47 bits per heavy atom. The monoisotopic (exact) mass is 242 g/mol. The lowest BCUT2D eigenvalue weighted by Crippen LogP contribution is -2.43. The molecule has 0 aromatic carbocycles. The van der Waals surface area contributed by atoms with Crippen LogP contribution in [-0.2, 0) is 4.79 Å². The molecule has 2 amide bonds. The summed E-state index contributed by atoms with van der Waals surface area (Å²) < 4.78 is 0. The highest BCUT2D eigenvalue weighted by molar-refractivity contribution is 5.76. The van der Waals surface area contributed by atoms with Crippen LogP contribution in [0.3, 0.4) is 0 Å². The fourth-order valence-electron chi connectivity index (χ4n) is 2.08. The Bertz CT molecular complexity index is 315. The van der Waals surface area contributed by atoms with Gasteiger partial charge in [0.1, 0.15) is 0 Å².